The first kappa shape index (κ1) is 13.9. The molecule has 0 spiro atoms. The number of carbonyl (C=O) groups excluding carboxylic acids is 2. The third kappa shape index (κ3) is 3.67. The summed E-state index contributed by atoms with van der Waals surface area (Å²) in [7, 11) is 0. The van der Waals surface area contributed by atoms with E-state index < -0.39 is 12.0 Å². The van der Waals surface area contributed by atoms with Crippen LogP contribution in [0.5, 0.6) is 0 Å². The first-order valence-electron chi connectivity index (χ1n) is 5.83. The molecule has 1 aliphatic heterocycles. The van der Waals surface area contributed by atoms with Crippen LogP contribution in [-0.2, 0) is 9.59 Å². The van der Waals surface area contributed by atoms with E-state index >= 15 is 0 Å². The van der Waals surface area contributed by atoms with Crippen molar-refractivity contribution < 1.29 is 14.7 Å². The van der Waals surface area contributed by atoms with Crippen LogP contribution in [0, 0.1) is 5.41 Å². The number of primary amides is 1. The first-order valence-corrected chi connectivity index (χ1v) is 5.83. The molecular weight excluding hydrogens is 222 g/mol. The van der Waals surface area contributed by atoms with Gasteiger partial charge in [-0.05, 0) is 24.8 Å². The number of carbonyl (C=O) groups is 2. The van der Waals surface area contributed by atoms with Crippen LogP contribution in [0.1, 0.15) is 26.7 Å². The summed E-state index contributed by atoms with van der Waals surface area (Å²) in [4.78, 5) is 22.5. The Morgan fingerprint density at radius 2 is 2.24 bits per heavy atom. The number of hydrogen-bond donors (Lipinski definition) is 4. The van der Waals surface area contributed by atoms with Crippen LogP contribution < -0.4 is 16.4 Å². The van der Waals surface area contributed by atoms with E-state index in [1.54, 1.807) is 0 Å². The number of piperidine rings is 1. The fourth-order valence-electron chi connectivity index (χ4n) is 2.06. The third-order valence-corrected chi connectivity index (χ3v) is 3.19. The van der Waals surface area contributed by atoms with Crippen LogP contribution >= 0.6 is 0 Å². The van der Waals surface area contributed by atoms with Gasteiger partial charge in [0.1, 0.15) is 6.10 Å². The Kier molecular flexibility index (Phi) is 4.47. The van der Waals surface area contributed by atoms with Crippen molar-refractivity contribution in [2.75, 3.05) is 13.1 Å². The zero-order valence-corrected chi connectivity index (χ0v) is 10.3. The molecule has 0 aliphatic carbocycles. The van der Waals surface area contributed by atoms with Gasteiger partial charge >= 0.3 is 0 Å². The van der Waals surface area contributed by atoms with E-state index in [1.165, 1.54) is 0 Å². The minimum atomic E-state index is -1.33. The van der Waals surface area contributed by atoms with E-state index in [-0.39, 0.29) is 23.9 Å². The molecule has 0 aromatic heterocycles. The molecule has 1 rings (SSSR count). The van der Waals surface area contributed by atoms with Crippen molar-refractivity contribution in [2.45, 2.75) is 38.8 Å². The van der Waals surface area contributed by atoms with Crippen molar-refractivity contribution in [1.82, 2.24) is 10.6 Å². The zero-order valence-electron chi connectivity index (χ0n) is 10.3. The van der Waals surface area contributed by atoms with E-state index in [1.807, 2.05) is 13.8 Å². The normalized spacial score (nSPS) is 25.0. The molecule has 0 bridgehead atoms. The van der Waals surface area contributed by atoms with Crippen LogP contribution in [0.4, 0.5) is 0 Å². The molecule has 6 nitrogen and oxygen atoms in total. The van der Waals surface area contributed by atoms with Gasteiger partial charge in [0.25, 0.3) is 0 Å². The van der Waals surface area contributed by atoms with Gasteiger partial charge in [-0.25, -0.2) is 0 Å². The quantitative estimate of drug-likeness (QED) is 0.494. The van der Waals surface area contributed by atoms with Gasteiger partial charge in [-0.2, -0.15) is 0 Å². The maximum Gasteiger partial charge on any atom is 0.248 e. The third-order valence-electron chi connectivity index (χ3n) is 3.19. The lowest BCUT2D eigenvalue weighted by Crippen LogP contribution is -2.56. The van der Waals surface area contributed by atoms with Gasteiger partial charge in [-0.3, -0.25) is 9.59 Å². The molecule has 0 aromatic carbocycles. The SMILES string of the molecule is CC1(C)CCCNC1C(=O)NCC(O)C(N)=O. The first-order chi connectivity index (χ1) is 7.84. The Morgan fingerprint density at radius 3 is 2.76 bits per heavy atom. The van der Waals surface area contributed by atoms with E-state index in [0.717, 1.165) is 19.4 Å². The number of amides is 2. The minimum absolute atomic E-state index is 0.125. The second kappa shape index (κ2) is 5.46. The molecule has 0 saturated carbocycles. The van der Waals surface area contributed by atoms with Crippen LogP contribution in [0.2, 0.25) is 0 Å². The van der Waals surface area contributed by atoms with Crippen molar-refractivity contribution in [3.05, 3.63) is 0 Å². The lowest BCUT2D eigenvalue weighted by Gasteiger charge is -2.38. The Balaban J connectivity index is 2.49. The smallest absolute Gasteiger partial charge is 0.248 e. The molecule has 2 unspecified atom stereocenters. The summed E-state index contributed by atoms with van der Waals surface area (Å²) in [6.45, 7) is 4.71. The van der Waals surface area contributed by atoms with E-state index in [2.05, 4.69) is 10.6 Å². The highest BCUT2D eigenvalue weighted by Crippen LogP contribution is 2.29. The van der Waals surface area contributed by atoms with Gasteiger partial charge < -0.3 is 21.5 Å². The Bertz CT molecular complexity index is 304. The monoisotopic (exact) mass is 243 g/mol. The summed E-state index contributed by atoms with van der Waals surface area (Å²) in [5.41, 5.74) is 4.77. The molecule has 1 aliphatic rings. The van der Waals surface area contributed by atoms with Crippen molar-refractivity contribution >= 4 is 11.8 Å². The summed E-state index contributed by atoms with van der Waals surface area (Å²) in [6, 6.07) is -0.295. The Morgan fingerprint density at radius 1 is 1.59 bits per heavy atom. The van der Waals surface area contributed by atoms with E-state index in [4.69, 9.17) is 5.73 Å². The molecule has 17 heavy (non-hydrogen) atoms. The molecule has 2 amide bonds. The molecule has 2 atom stereocenters. The maximum absolute atomic E-state index is 11.9. The summed E-state index contributed by atoms with van der Waals surface area (Å²) in [5.74, 6) is -1.03. The van der Waals surface area contributed by atoms with Crippen LogP contribution in [0.25, 0.3) is 0 Å². The highest BCUT2D eigenvalue weighted by atomic mass is 16.3. The molecule has 6 heteroatoms. The number of nitrogens with one attached hydrogen (secondary N) is 2. The average molecular weight is 243 g/mol. The number of aliphatic hydroxyl groups excluding tert-OH is 1. The van der Waals surface area contributed by atoms with Crippen LogP contribution in [0.15, 0.2) is 0 Å². The predicted octanol–water partition coefficient (Wildman–Crippen LogP) is -1.27. The zero-order chi connectivity index (χ0) is 13.1. The topological polar surface area (TPSA) is 104 Å². The molecule has 1 heterocycles. The molecular formula is C11H21N3O3. The van der Waals surface area contributed by atoms with Crippen molar-refractivity contribution in [3.63, 3.8) is 0 Å². The Labute approximate surface area is 101 Å². The minimum Gasteiger partial charge on any atom is -0.381 e. The number of rotatable bonds is 4. The second-order valence-corrected chi connectivity index (χ2v) is 5.14. The van der Waals surface area contributed by atoms with E-state index in [9.17, 15) is 14.7 Å². The van der Waals surface area contributed by atoms with Gasteiger partial charge in [0, 0.05) is 0 Å². The second-order valence-electron chi connectivity index (χ2n) is 5.14. The van der Waals surface area contributed by atoms with Gasteiger partial charge in [0.15, 0.2) is 0 Å². The molecule has 1 saturated heterocycles. The van der Waals surface area contributed by atoms with Gasteiger partial charge in [0.2, 0.25) is 11.8 Å². The van der Waals surface area contributed by atoms with Gasteiger partial charge in [-0.15, -0.1) is 0 Å². The summed E-state index contributed by atoms with van der Waals surface area (Å²) in [5, 5.41) is 14.9. The van der Waals surface area contributed by atoms with Gasteiger partial charge in [0.05, 0.1) is 12.6 Å². The standard InChI is InChI=1S/C11H21N3O3/c1-11(2)4-3-5-13-8(11)10(17)14-6-7(15)9(12)16/h7-8,13,15H,3-6H2,1-2H3,(H2,12,16)(H,14,17). The van der Waals surface area contributed by atoms with Crippen LogP contribution in [0.3, 0.4) is 0 Å². The highest BCUT2D eigenvalue weighted by Gasteiger charge is 2.37. The lowest BCUT2D eigenvalue weighted by molar-refractivity contribution is -0.129. The lowest BCUT2D eigenvalue weighted by atomic mass is 9.77. The molecule has 5 N–H and O–H groups in total. The van der Waals surface area contributed by atoms with Gasteiger partial charge in [-0.1, -0.05) is 13.8 Å². The molecule has 1 fully saturated rings. The fraction of sp³-hybridized carbons (Fsp3) is 0.818. The largest absolute Gasteiger partial charge is 0.381 e. The van der Waals surface area contributed by atoms with Crippen molar-refractivity contribution in [3.8, 4) is 0 Å². The molecule has 98 valence electrons. The Hall–Kier alpha value is -1.14. The fourth-order valence-corrected chi connectivity index (χ4v) is 2.06. The summed E-state index contributed by atoms with van der Waals surface area (Å²) < 4.78 is 0. The van der Waals surface area contributed by atoms with Crippen LogP contribution in [-0.4, -0.2) is 42.2 Å². The predicted molar refractivity (Wildman–Crippen MR) is 63.0 cm³/mol. The highest BCUT2D eigenvalue weighted by molar-refractivity contribution is 5.84. The number of hydrogen-bond acceptors (Lipinski definition) is 4. The summed E-state index contributed by atoms with van der Waals surface area (Å²) >= 11 is 0. The number of aliphatic hydroxyl groups is 1. The van der Waals surface area contributed by atoms with Crippen molar-refractivity contribution in [1.29, 1.82) is 0 Å². The van der Waals surface area contributed by atoms with E-state index in [0.29, 0.717) is 0 Å². The maximum atomic E-state index is 11.9. The number of nitrogens with two attached hydrogens (primary N) is 1. The summed E-state index contributed by atoms with van der Waals surface area (Å²) in [6.07, 6.45) is 0.683. The molecule has 0 aromatic rings. The molecule has 0 radical (unpaired) electrons. The average Bonchev–Trinajstić information content (AvgIpc) is 2.24. The van der Waals surface area contributed by atoms with Crippen molar-refractivity contribution in [2.24, 2.45) is 11.1 Å².